The number of para-hydroxylation sites is 1. The van der Waals surface area contributed by atoms with Gasteiger partial charge in [-0.2, -0.15) is 0 Å². The topological polar surface area (TPSA) is 131 Å². The number of carbonyl (C=O) groups is 2. The number of rotatable bonds is 5. The van der Waals surface area contributed by atoms with E-state index in [-0.39, 0.29) is 40.7 Å². The van der Waals surface area contributed by atoms with E-state index >= 15 is 0 Å². The van der Waals surface area contributed by atoms with Crippen LogP contribution in [-0.2, 0) is 4.79 Å². The third kappa shape index (κ3) is 4.36. The zero-order valence-electron chi connectivity index (χ0n) is 15.1. The Labute approximate surface area is 157 Å². The van der Waals surface area contributed by atoms with Gasteiger partial charge in [0.15, 0.2) is 0 Å². The molecule has 0 spiro atoms. The van der Waals surface area contributed by atoms with Crippen molar-refractivity contribution in [1.82, 2.24) is 15.5 Å². The molecule has 2 saturated heterocycles. The van der Waals surface area contributed by atoms with Crippen LogP contribution in [0.3, 0.4) is 0 Å². The average Bonchev–Trinajstić information content (AvgIpc) is 3.20. The molecule has 2 atom stereocenters. The summed E-state index contributed by atoms with van der Waals surface area (Å²) in [5.41, 5.74) is 5.64. The number of piperidine rings is 1. The summed E-state index contributed by atoms with van der Waals surface area (Å²) in [4.78, 5) is 37.1. The van der Waals surface area contributed by atoms with Gasteiger partial charge in [0.1, 0.15) is 5.69 Å². The number of benzene rings is 1. The minimum Gasteiger partial charge on any atom is -0.393 e. The zero-order chi connectivity index (χ0) is 19.4. The highest BCUT2D eigenvalue weighted by molar-refractivity contribution is 6.01. The number of hydrogen-bond donors (Lipinski definition) is 3. The second-order valence-electron chi connectivity index (χ2n) is 7.15. The van der Waals surface area contributed by atoms with Crippen LogP contribution in [0.4, 0.5) is 11.4 Å². The molecule has 27 heavy (non-hydrogen) atoms. The molecule has 0 bridgehead atoms. The minimum atomic E-state index is -0.586. The highest BCUT2D eigenvalue weighted by Gasteiger charge is 2.29. The number of nitrogens with one attached hydrogen (secondary N) is 2. The van der Waals surface area contributed by atoms with E-state index in [4.69, 9.17) is 5.73 Å². The van der Waals surface area contributed by atoms with Gasteiger partial charge in [0, 0.05) is 25.7 Å². The Bertz CT molecular complexity index is 732. The van der Waals surface area contributed by atoms with Gasteiger partial charge in [0.25, 0.3) is 11.6 Å². The lowest BCUT2D eigenvalue weighted by Gasteiger charge is -2.33. The number of nitrogens with zero attached hydrogens (tertiary/aromatic N) is 2. The fourth-order valence-electron chi connectivity index (χ4n) is 3.76. The van der Waals surface area contributed by atoms with E-state index in [0.29, 0.717) is 19.6 Å². The summed E-state index contributed by atoms with van der Waals surface area (Å²) < 4.78 is 0. The van der Waals surface area contributed by atoms with Crippen LogP contribution in [0.15, 0.2) is 18.2 Å². The van der Waals surface area contributed by atoms with Gasteiger partial charge in [-0.1, -0.05) is 6.07 Å². The predicted octanol–water partition coefficient (Wildman–Crippen LogP) is 0.897. The summed E-state index contributed by atoms with van der Waals surface area (Å²) in [5.74, 6) is -0.128. The van der Waals surface area contributed by atoms with E-state index in [0.717, 1.165) is 32.2 Å². The van der Waals surface area contributed by atoms with Crippen molar-refractivity contribution in [1.29, 1.82) is 0 Å². The van der Waals surface area contributed by atoms with Crippen LogP contribution in [0.2, 0.25) is 0 Å². The number of nitrogens with two attached hydrogens (primary N) is 1. The highest BCUT2D eigenvalue weighted by atomic mass is 16.6. The Morgan fingerprint density at radius 1 is 1.33 bits per heavy atom. The predicted molar refractivity (Wildman–Crippen MR) is 100 cm³/mol. The quantitative estimate of drug-likeness (QED) is 0.398. The van der Waals surface area contributed by atoms with Gasteiger partial charge < -0.3 is 21.3 Å². The van der Waals surface area contributed by atoms with Gasteiger partial charge in [-0.05, 0) is 44.2 Å². The van der Waals surface area contributed by atoms with Crippen LogP contribution in [0.25, 0.3) is 0 Å². The molecule has 2 fully saturated rings. The Balaban J connectivity index is 1.60. The summed E-state index contributed by atoms with van der Waals surface area (Å²) in [6, 6.07) is 4.16. The maximum atomic E-state index is 12.8. The molecule has 2 heterocycles. The number of anilines is 1. The summed E-state index contributed by atoms with van der Waals surface area (Å²) in [7, 11) is 0. The summed E-state index contributed by atoms with van der Waals surface area (Å²) in [6.07, 6.45) is 3.61. The van der Waals surface area contributed by atoms with Crippen molar-refractivity contribution in [2.75, 3.05) is 31.9 Å². The second-order valence-corrected chi connectivity index (χ2v) is 7.15. The minimum absolute atomic E-state index is 0.0129. The van der Waals surface area contributed by atoms with Crippen molar-refractivity contribution in [3.05, 3.63) is 33.9 Å². The maximum Gasteiger partial charge on any atom is 0.292 e. The molecule has 2 aliphatic rings. The van der Waals surface area contributed by atoms with E-state index < -0.39 is 4.92 Å². The van der Waals surface area contributed by atoms with Gasteiger partial charge >= 0.3 is 0 Å². The lowest BCUT2D eigenvalue weighted by atomic mass is 9.96. The number of hydrogen-bond acceptors (Lipinski definition) is 6. The molecular formula is C18H25N5O4. The molecule has 4 N–H and O–H groups in total. The second kappa shape index (κ2) is 8.34. The van der Waals surface area contributed by atoms with Crippen LogP contribution in [0.1, 0.15) is 36.0 Å². The summed E-state index contributed by atoms with van der Waals surface area (Å²) in [6.45, 7) is 2.47. The van der Waals surface area contributed by atoms with E-state index in [1.54, 1.807) is 4.90 Å². The van der Waals surface area contributed by atoms with Crippen molar-refractivity contribution in [3.8, 4) is 0 Å². The molecule has 2 unspecified atom stereocenters. The lowest BCUT2D eigenvalue weighted by molar-refractivity contribution is -0.383. The molecule has 0 aliphatic carbocycles. The van der Waals surface area contributed by atoms with Crippen molar-refractivity contribution in [3.63, 3.8) is 0 Å². The van der Waals surface area contributed by atoms with Gasteiger partial charge in [0.05, 0.1) is 16.5 Å². The molecule has 146 valence electrons. The third-order valence-corrected chi connectivity index (χ3v) is 5.26. The summed E-state index contributed by atoms with van der Waals surface area (Å²) >= 11 is 0. The first-order valence-corrected chi connectivity index (χ1v) is 9.30. The Morgan fingerprint density at radius 2 is 2.15 bits per heavy atom. The van der Waals surface area contributed by atoms with Crippen LogP contribution >= 0.6 is 0 Å². The maximum absolute atomic E-state index is 12.8. The highest BCUT2D eigenvalue weighted by Crippen LogP contribution is 2.27. The fourth-order valence-corrected chi connectivity index (χ4v) is 3.76. The SMILES string of the molecule is Nc1c(C(=O)N2CCCC(CNC(=O)C3CCCN3)C2)cccc1[N+](=O)[O-]. The zero-order valence-corrected chi connectivity index (χ0v) is 15.1. The first-order valence-electron chi connectivity index (χ1n) is 9.30. The van der Waals surface area contributed by atoms with E-state index in [9.17, 15) is 19.7 Å². The van der Waals surface area contributed by atoms with E-state index in [1.807, 2.05) is 0 Å². The average molecular weight is 375 g/mol. The molecule has 1 aromatic rings. The molecular weight excluding hydrogens is 350 g/mol. The van der Waals surface area contributed by atoms with Gasteiger partial charge in [-0.25, -0.2) is 0 Å². The van der Waals surface area contributed by atoms with Crippen LogP contribution in [-0.4, -0.2) is 53.9 Å². The molecule has 1 aromatic carbocycles. The van der Waals surface area contributed by atoms with E-state index in [2.05, 4.69) is 10.6 Å². The third-order valence-electron chi connectivity index (χ3n) is 5.26. The number of nitro groups is 1. The van der Waals surface area contributed by atoms with Crippen molar-refractivity contribution < 1.29 is 14.5 Å². The Kier molecular flexibility index (Phi) is 5.90. The monoisotopic (exact) mass is 375 g/mol. The number of nitrogen functional groups attached to an aromatic ring is 1. The molecule has 0 saturated carbocycles. The number of likely N-dealkylation sites (tertiary alicyclic amines) is 1. The molecule has 0 radical (unpaired) electrons. The van der Waals surface area contributed by atoms with E-state index in [1.165, 1.54) is 18.2 Å². The van der Waals surface area contributed by atoms with Crippen molar-refractivity contribution in [2.24, 2.45) is 5.92 Å². The van der Waals surface area contributed by atoms with Gasteiger partial charge in [-0.15, -0.1) is 0 Å². The molecule has 9 heteroatoms. The van der Waals surface area contributed by atoms with Gasteiger partial charge in [-0.3, -0.25) is 19.7 Å². The number of nitro benzene ring substituents is 1. The lowest BCUT2D eigenvalue weighted by Crippen LogP contribution is -2.46. The van der Waals surface area contributed by atoms with Crippen LogP contribution in [0, 0.1) is 16.0 Å². The fraction of sp³-hybridized carbons (Fsp3) is 0.556. The van der Waals surface area contributed by atoms with Crippen molar-refractivity contribution >= 4 is 23.2 Å². The van der Waals surface area contributed by atoms with Crippen molar-refractivity contribution in [2.45, 2.75) is 31.7 Å². The summed E-state index contributed by atoms with van der Waals surface area (Å²) in [5, 5.41) is 17.2. The smallest absolute Gasteiger partial charge is 0.292 e. The standard InChI is InChI=1S/C18H25N5O4/c19-16-13(5-1-7-15(16)23(26)27)18(25)22-9-3-4-12(11-22)10-21-17(24)14-6-2-8-20-14/h1,5,7,12,14,20H,2-4,6,8-11,19H2,(H,21,24). The molecule has 2 amide bonds. The first-order chi connectivity index (χ1) is 13.0. The normalized spacial score (nSPS) is 22.4. The van der Waals surface area contributed by atoms with Crippen LogP contribution < -0.4 is 16.4 Å². The molecule has 2 aliphatic heterocycles. The Hall–Kier alpha value is -2.68. The van der Waals surface area contributed by atoms with Crippen LogP contribution in [0.5, 0.6) is 0 Å². The molecule has 9 nitrogen and oxygen atoms in total. The number of amides is 2. The Morgan fingerprint density at radius 3 is 2.85 bits per heavy atom. The largest absolute Gasteiger partial charge is 0.393 e. The van der Waals surface area contributed by atoms with Gasteiger partial charge in [0.2, 0.25) is 5.91 Å². The molecule has 0 aromatic heterocycles. The number of carbonyl (C=O) groups excluding carboxylic acids is 2. The molecule has 3 rings (SSSR count). The first kappa shape index (κ1) is 19.1.